The molecular weight excluding hydrogens is 245 g/mol. The van der Waals surface area contributed by atoms with Crippen molar-refractivity contribution in [2.24, 2.45) is 5.92 Å². The molecule has 0 spiro atoms. The molecule has 0 aliphatic carbocycles. The molecule has 1 fully saturated rings. The predicted octanol–water partition coefficient (Wildman–Crippen LogP) is 0.485. The van der Waals surface area contributed by atoms with E-state index in [-0.39, 0.29) is 18.0 Å². The van der Waals surface area contributed by atoms with Gasteiger partial charge in [0.25, 0.3) is 0 Å². The molecule has 0 aromatic heterocycles. The van der Waals surface area contributed by atoms with Crippen LogP contribution in [0.1, 0.15) is 26.2 Å². The van der Waals surface area contributed by atoms with Crippen molar-refractivity contribution in [1.82, 2.24) is 5.32 Å². The lowest BCUT2D eigenvalue weighted by Crippen LogP contribution is -2.45. The summed E-state index contributed by atoms with van der Waals surface area (Å²) in [5.74, 6) is -0.432. The fraction of sp³-hybridized carbons (Fsp3) is 0.900. The smallest absolute Gasteiger partial charge is 0.325 e. The van der Waals surface area contributed by atoms with Crippen LogP contribution in [0.3, 0.4) is 0 Å². The second kappa shape index (κ2) is 6.50. The van der Waals surface area contributed by atoms with E-state index in [0.717, 1.165) is 6.42 Å². The summed E-state index contributed by atoms with van der Waals surface area (Å²) in [4.78, 5) is 29.4. The number of piperidine rings is 1. The summed E-state index contributed by atoms with van der Waals surface area (Å²) in [5, 5.41) is 3.02. The minimum absolute atomic E-state index is 0.115. The van der Waals surface area contributed by atoms with Gasteiger partial charge in [0.05, 0.1) is 12.8 Å². The highest BCUT2D eigenvalue weighted by atomic mass is 31.2. The van der Waals surface area contributed by atoms with E-state index in [0.29, 0.717) is 26.0 Å². The summed E-state index contributed by atoms with van der Waals surface area (Å²) < 4.78 is 15.9. The van der Waals surface area contributed by atoms with Crippen LogP contribution in [-0.4, -0.2) is 41.1 Å². The van der Waals surface area contributed by atoms with Gasteiger partial charge in [-0.3, -0.25) is 9.36 Å². The Kier molecular flexibility index (Phi) is 5.59. The van der Waals surface area contributed by atoms with Crippen LogP contribution >= 0.6 is 7.60 Å². The van der Waals surface area contributed by atoms with E-state index in [9.17, 15) is 9.36 Å². The van der Waals surface area contributed by atoms with Crippen LogP contribution in [0.5, 0.6) is 0 Å². The van der Waals surface area contributed by atoms with Crippen LogP contribution in [0, 0.1) is 5.92 Å². The molecule has 1 aliphatic heterocycles. The third-order valence-electron chi connectivity index (χ3n) is 2.74. The molecule has 6 nitrogen and oxygen atoms in total. The van der Waals surface area contributed by atoms with E-state index in [1.54, 1.807) is 0 Å². The molecule has 0 bridgehead atoms. The van der Waals surface area contributed by atoms with Crippen molar-refractivity contribution in [1.29, 1.82) is 0 Å². The summed E-state index contributed by atoms with van der Waals surface area (Å²) in [7, 11) is -3.99. The van der Waals surface area contributed by atoms with Crippen LogP contribution in [0.25, 0.3) is 0 Å². The maximum atomic E-state index is 11.6. The van der Waals surface area contributed by atoms with E-state index in [1.165, 1.54) is 0 Å². The second-order valence-corrected chi connectivity index (χ2v) is 6.11. The maximum Gasteiger partial charge on any atom is 0.325 e. The van der Waals surface area contributed by atoms with Crippen LogP contribution in [0.2, 0.25) is 0 Å². The number of nitrogens with one attached hydrogen (secondary N) is 1. The van der Waals surface area contributed by atoms with Crippen LogP contribution in [0.4, 0.5) is 0 Å². The molecule has 1 saturated heterocycles. The molecule has 1 aliphatic rings. The molecule has 3 N–H and O–H groups in total. The SMILES string of the molecule is CCCOC(=O)C1CC(CP(=O)(O)O)CCN1. The van der Waals surface area contributed by atoms with Gasteiger partial charge in [-0.2, -0.15) is 0 Å². The first kappa shape index (κ1) is 14.6. The zero-order valence-electron chi connectivity index (χ0n) is 9.96. The highest BCUT2D eigenvalue weighted by molar-refractivity contribution is 7.51. The molecule has 0 aromatic rings. The average Bonchev–Trinajstić information content (AvgIpc) is 2.24. The topological polar surface area (TPSA) is 95.9 Å². The van der Waals surface area contributed by atoms with Crippen molar-refractivity contribution in [2.75, 3.05) is 19.3 Å². The first-order valence-corrected chi connectivity index (χ1v) is 7.66. The van der Waals surface area contributed by atoms with Crippen molar-refractivity contribution in [2.45, 2.75) is 32.2 Å². The van der Waals surface area contributed by atoms with E-state index in [2.05, 4.69) is 5.32 Å². The lowest BCUT2D eigenvalue weighted by molar-refractivity contribution is -0.147. The Hall–Kier alpha value is -0.420. The lowest BCUT2D eigenvalue weighted by atomic mass is 9.94. The van der Waals surface area contributed by atoms with E-state index in [4.69, 9.17) is 14.5 Å². The van der Waals surface area contributed by atoms with Gasteiger partial charge < -0.3 is 19.8 Å². The van der Waals surface area contributed by atoms with Gasteiger partial charge in [-0.25, -0.2) is 0 Å². The molecule has 0 saturated carbocycles. The van der Waals surface area contributed by atoms with Gasteiger partial charge in [-0.1, -0.05) is 6.92 Å². The third-order valence-corrected chi connectivity index (χ3v) is 3.73. The van der Waals surface area contributed by atoms with Crippen LogP contribution < -0.4 is 5.32 Å². The van der Waals surface area contributed by atoms with Gasteiger partial charge in [0, 0.05) is 0 Å². The lowest BCUT2D eigenvalue weighted by Gasteiger charge is -2.29. The van der Waals surface area contributed by atoms with Crippen molar-refractivity contribution >= 4 is 13.6 Å². The third kappa shape index (κ3) is 5.64. The summed E-state index contributed by atoms with van der Waals surface area (Å²) in [6.45, 7) is 2.90. The van der Waals surface area contributed by atoms with Crippen LogP contribution in [-0.2, 0) is 14.1 Å². The Bertz CT molecular complexity index is 303. The molecule has 7 heteroatoms. The zero-order valence-corrected chi connectivity index (χ0v) is 10.9. The largest absolute Gasteiger partial charge is 0.465 e. The molecule has 0 aromatic carbocycles. The monoisotopic (exact) mass is 265 g/mol. The number of rotatable bonds is 5. The predicted molar refractivity (Wildman–Crippen MR) is 62.7 cm³/mol. The molecule has 17 heavy (non-hydrogen) atoms. The number of ether oxygens (including phenoxy) is 1. The van der Waals surface area contributed by atoms with Crippen molar-refractivity contribution in [3.05, 3.63) is 0 Å². The number of hydrogen-bond acceptors (Lipinski definition) is 4. The minimum atomic E-state index is -3.99. The van der Waals surface area contributed by atoms with E-state index < -0.39 is 13.6 Å². The Morgan fingerprint density at radius 3 is 2.82 bits per heavy atom. The normalized spacial score (nSPS) is 25.6. The second-order valence-electron chi connectivity index (χ2n) is 4.41. The van der Waals surface area contributed by atoms with Gasteiger partial charge in [0.2, 0.25) is 0 Å². The minimum Gasteiger partial charge on any atom is -0.465 e. The summed E-state index contributed by atoms with van der Waals surface area (Å²) in [6.07, 6.45) is 1.74. The molecule has 2 unspecified atom stereocenters. The summed E-state index contributed by atoms with van der Waals surface area (Å²) in [5.41, 5.74) is 0. The molecule has 0 amide bonds. The average molecular weight is 265 g/mol. The van der Waals surface area contributed by atoms with Gasteiger partial charge in [0.15, 0.2) is 0 Å². The number of carbonyl (C=O) groups excluding carboxylic acids is 1. The number of hydrogen-bond donors (Lipinski definition) is 3. The van der Waals surface area contributed by atoms with Gasteiger partial charge in [-0.05, 0) is 31.7 Å². The van der Waals surface area contributed by atoms with E-state index in [1.807, 2.05) is 6.92 Å². The Morgan fingerprint density at radius 2 is 2.24 bits per heavy atom. The van der Waals surface area contributed by atoms with Gasteiger partial charge in [-0.15, -0.1) is 0 Å². The first-order valence-electron chi connectivity index (χ1n) is 5.87. The Labute approximate surface area is 101 Å². The number of carbonyl (C=O) groups is 1. The Morgan fingerprint density at radius 1 is 1.53 bits per heavy atom. The van der Waals surface area contributed by atoms with Crippen molar-refractivity contribution in [3.63, 3.8) is 0 Å². The first-order chi connectivity index (χ1) is 7.92. The van der Waals surface area contributed by atoms with Crippen molar-refractivity contribution in [3.8, 4) is 0 Å². The fourth-order valence-corrected chi connectivity index (χ4v) is 2.99. The fourth-order valence-electron chi connectivity index (χ4n) is 1.98. The maximum absolute atomic E-state index is 11.6. The highest BCUT2D eigenvalue weighted by Crippen LogP contribution is 2.39. The molecule has 1 heterocycles. The van der Waals surface area contributed by atoms with Crippen molar-refractivity contribution < 1.29 is 23.9 Å². The molecule has 0 radical (unpaired) electrons. The highest BCUT2D eigenvalue weighted by Gasteiger charge is 2.31. The van der Waals surface area contributed by atoms with E-state index >= 15 is 0 Å². The summed E-state index contributed by atoms with van der Waals surface area (Å²) in [6, 6.07) is -0.424. The molecular formula is C10H20NO5P. The summed E-state index contributed by atoms with van der Waals surface area (Å²) >= 11 is 0. The quantitative estimate of drug-likeness (QED) is 0.494. The molecule has 100 valence electrons. The van der Waals surface area contributed by atoms with Gasteiger partial charge in [0.1, 0.15) is 6.04 Å². The van der Waals surface area contributed by atoms with Crippen LogP contribution in [0.15, 0.2) is 0 Å². The molecule has 1 rings (SSSR count). The number of esters is 1. The standard InChI is InChI=1S/C10H20NO5P/c1-2-5-16-10(12)9-6-8(3-4-11-9)7-17(13,14)15/h8-9,11H,2-7H2,1H3,(H2,13,14,15). The zero-order chi connectivity index (χ0) is 12.9. The Balaban J connectivity index is 2.43. The molecule has 2 atom stereocenters. The van der Waals surface area contributed by atoms with Gasteiger partial charge >= 0.3 is 13.6 Å².